The minimum Gasteiger partial charge on any atom is -0.497 e. The number of benzene rings is 10. The summed E-state index contributed by atoms with van der Waals surface area (Å²) in [4.78, 5) is 9.13. The maximum atomic E-state index is 5.60. The van der Waals surface area contributed by atoms with Crippen LogP contribution in [0.4, 0.5) is 62.6 Å². The zero-order chi connectivity index (χ0) is 56.4. The van der Waals surface area contributed by atoms with Crippen molar-refractivity contribution < 1.29 is 28.4 Å². The molecule has 0 saturated carbocycles. The zero-order valence-electron chi connectivity index (χ0n) is 46.8. The molecule has 0 spiro atoms. The van der Waals surface area contributed by atoms with Crippen LogP contribution in [0.5, 0.6) is 28.7 Å². The number of hydrogen-bond acceptors (Lipinski definition) is 10. The van der Waals surface area contributed by atoms with Gasteiger partial charge in [0.15, 0.2) is 0 Å². The Morgan fingerprint density at radius 2 is 0.463 bits per heavy atom. The molecule has 408 valence electrons. The summed E-state index contributed by atoms with van der Waals surface area (Å²) >= 11 is 0. The van der Waals surface area contributed by atoms with Crippen LogP contribution in [-0.2, 0) is 4.74 Å². The summed E-state index contributed by atoms with van der Waals surface area (Å²) in [6, 6.07) is 84.6. The third kappa shape index (κ3) is 11.7. The number of nitrogens with zero attached hydrogens (tertiary/aromatic N) is 4. The Bertz CT molecular complexity index is 3690. The standard InChI is InChI=1S/C72H64N4O6/c1-77-67-39-27-61(28-40-67)73(55-15-7-51(8-16-55)53-11-19-57(20-12-53)75(63-31-43-69(79-3)44-32-63)64-33-45-70(80-4)46-34-64)59-23-25-60(26-24-59)74(62-29-41-68(78-2)42-30-62)56-17-9-52(10-18-56)54-13-21-58(22-14-54)76(65-35-47-71(81-5)48-36-65)66-37-49-72(82-6)50-38-66/h7-37,39-50,66H,38H2,1-6H3. The predicted octanol–water partition coefficient (Wildman–Crippen LogP) is 18.5. The first-order valence-electron chi connectivity index (χ1n) is 27.2. The summed E-state index contributed by atoms with van der Waals surface area (Å²) in [5.74, 6) is 4.88. The maximum absolute atomic E-state index is 5.60. The first-order chi connectivity index (χ1) is 40.3. The fourth-order valence-corrected chi connectivity index (χ4v) is 10.4. The first-order valence-corrected chi connectivity index (χ1v) is 27.2. The first kappa shape index (κ1) is 53.7. The van der Waals surface area contributed by atoms with Crippen molar-refractivity contribution in [3.8, 4) is 51.0 Å². The molecule has 11 rings (SSSR count). The van der Waals surface area contributed by atoms with E-state index in [0.29, 0.717) is 0 Å². The maximum Gasteiger partial charge on any atom is 0.119 e. The molecule has 10 aromatic carbocycles. The van der Waals surface area contributed by atoms with Gasteiger partial charge in [-0.2, -0.15) is 0 Å². The Labute approximate surface area is 481 Å². The monoisotopic (exact) mass is 1080 g/mol. The van der Waals surface area contributed by atoms with Crippen LogP contribution in [0.3, 0.4) is 0 Å². The van der Waals surface area contributed by atoms with Crippen LogP contribution in [-0.4, -0.2) is 48.7 Å². The van der Waals surface area contributed by atoms with E-state index in [9.17, 15) is 0 Å². The topological polar surface area (TPSA) is 68.3 Å². The lowest BCUT2D eigenvalue weighted by Crippen LogP contribution is -2.30. The molecule has 0 saturated heterocycles. The SMILES string of the molecule is COC1=CCC(N(c2ccc(OC)cc2)c2ccc(-c3ccc(N(c4ccc(OC)cc4)c4ccc(N(c5ccc(OC)cc5)c5ccc(-c6ccc(N(c7ccc(OC)cc7)c7ccc(OC)cc7)cc6)cc5)cc4)cc3)cc2)C=C1. The van der Waals surface area contributed by atoms with Crippen molar-refractivity contribution >= 4 is 62.6 Å². The average Bonchev–Trinajstić information content (AvgIpc) is 3.56. The molecule has 1 atom stereocenters. The Morgan fingerprint density at radius 3 is 0.671 bits per heavy atom. The van der Waals surface area contributed by atoms with E-state index < -0.39 is 0 Å². The van der Waals surface area contributed by atoms with Crippen LogP contribution in [0, 0.1) is 0 Å². The van der Waals surface area contributed by atoms with Crippen LogP contribution < -0.4 is 43.3 Å². The molecular weight excluding hydrogens is 1020 g/mol. The summed E-state index contributed by atoms with van der Waals surface area (Å²) in [6.45, 7) is 0. The summed E-state index contributed by atoms with van der Waals surface area (Å²) in [6.07, 6.45) is 7.21. The lowest BCUT2D eigenvalue weighted by Gasteiger charge is -2.33. The quantitative estimate of drug-likeness (QED) is 0.0737. The third-order valence-corrected chi connectivity index (χ3v) is 14.8. The van der Waals surface area contributed by atoms with Crippen molar-refractivity contribution in [3.05, 3.63) is 267 Å². The molecule has 10 heteroatoms. The van der Waals surface area contributed by atoms with Crippen molar-refractivity contribution in [2.45, 2.75) is 12.5 Å². The average molecular weight is 1080 g/mol. The Hall–Kier alpha value is -10.3. The minimum absolute atomic E-state index is 0.112. The molecular formula is C72H64N4O6. The predicted molar refractivity (Wildman–Crippen MR) is 335 cm³/mol. The Kier molecular flexibility index (Phi) is 16.2. The number of ether oxygens (including phenoxy) is 6. The van der Waals surface area contributed by atoms with Crippen molar-refractivity contribution in [2.24, 2.45) is 0 Å². The van der Waals surface area contributed by atoms with Gasteiger partial charge in [-0.05, 0) is 235 Å². The number of methoxy groups -OCH3 is 6. The van der Waals surface area contributed by atoms with E-state index in [4.69, 9.17) is 28.4 Å². The highest BCUT2D eigenvalue weighted by Gasteiger charge is 2.22. The summed E-state index contributed by atoms with van der Waals surface area (Å²) < 4.78 is 33.2. The number of allylic oxidation sites excluding steroid dienone is 1. The molecule has 1 unspecified atom stereocenters. The summed E-state index contributed by atoms with van der Waals surface area (Å²) in [5, 5.41) is 0. The van der Waals surface area contributed by atoms with E-state index in [1.54, 1.807) is 42.7 Å². The number of hydrogen-bond donors (Lipinski definition) is 0. The minimum atomic E-state index is 0.112. The lowest BCUT2D eigenvalue weighted by atomic mass is 10.0. The van der Waals surface area contributed by atoms with Gasteiger partial charge in [-0.3, -0.25) is 0 Å². The molecule has 0 aliphatic heterocycles. The van der Waals surface area contributed by atoms with Gasteiger partial charge in [0.05, 0.1) is 48.7 Å². The van der Waals surface area contributed by atoms with Gasteiger partial charge in [0, 0.05) is 62.6 Å². The van der Waals surface area contributed by atoms with E-state index in [1.165, 1.54) is 0 Å². The lowest BCUT2D eigenvalue weighted by molar-refractivity contribution is 0.303. The highest BCUT2D eigenvalue weighted by molar-refractivity contribution is 5.84. The van der Waals surface area contributed by atoms with Crippen LogP contribution in [0.15, 0.2) is 267 Å². The normalized spacial score (nSPS) is 12.6. The Morgan fingerprint density at radius 1 is 0.256 bits per heavy atom. The van der Waals surface area contributed by atoms with E-state index in [-0.39, 0.29) is 6.04 Å². The van der Waals surface area contributed by atoms with Crippen LogP contribution in [0.1, 0.15) is 6.42 Å². The second-order valence-corrected chi connectivity index (χ2v) is 19.5. The van der Waals surface area contributed by atoms with E-state index >= 15 is 0 Å². The van der Waals surface area contributed by atoms with E-state index in [2.05, 4.69) is 214 Å². The molecule has 0 amide bonds. The highest BCUT2D eigenvalue weighted by atomic mass is 16.5. The fraction of sp³-hybridized carbons (Fsp3) is 0.111. The number of rotatable bonds is 20. The molecule has 0 aromatic heterocycles. The zero-order valence-corrected chi connectivity index (χ0v) is 46.8. The van der Waals surface area contributed by atoms with Crippen LogP contribution in [0.2, 0.25) is 0 Å². The largest absolute Gasteiger partial charge is 0.497 e. The summed E-state index contributed by atoms with van der Waals surface area (Å²) in [5.41, 5.74) is 15.7. The molecule has 1 aliphatic rings. The van der Waals surface area contributed by atoms with E-state index in [1.807, 2.05) is 66.7 Å². The van der Waals surface area contributed by atoms with Gasteiger partial charge in [-0.15, -0.1) is 0 Å². The second kappa shape index (κ2) is 24.8. The van der Waals surface area contributed by atoms with Gasteiger partial charge >= 0.3 is 0 Å². The number of anilines is 11. The summed E-state index contributed by atoms with van der Waals surface area (Å²) in [7, 11) is 10.2. The molecule has 0 N–H and O–H groups in total. The van der Waals surface area contributed by atoms with Crippen LogP contribution >= 0.6 is 0 Å². The second-order valence-electron chi connectivity index (χ2n) is 19.5. The van der Waals surface area contributed by atoms with E-state index in [0.717, 1.165) is 126 Å². The Balaban J connectivity index is 0.870. The van der Waals surface area contributed by atoms with Gasteiger partial charge < -0.3 is 48.0 Å². The van der Waals surface area contributed by atoms with Crippen molar-refractivity contribution in [1.82, 2.24) is 0 Å². The smallest absolute Gasteiger partial charge is 0.119 e. The molecule has 10 aromatic rings. The van der Waals surface area contributed by atoms with Gasteiger partial charge in [-0.25, -0.2) is 0 Å². The van der Waals surface area contributed by atoms with Crippen molar-refractivity contribution in [2.75, 3.05) is 62.3 Å². The van der Waals surface area contributed by atoms with Gasteiger partial charge in [0.2, 0.25) is 0 Å². The molecule has 0 bridgehead atoms. The molecule has 0 fully saturated rings. The van der Waals surface area contributed by atoms with Crippen LogP contribution in [0.25, 0.3) is 22.3 Å². The van der Waals surface area contributed by atoms with Gasteiger partial charge in [-0.1, -0.05) is 54.6 Å². The molecule has 0 heterocycles. The van der Waals surface area contributed by atoms with Crippen molar-refractivity contribution in [1.29, 1.82) is 0 Å². The van der Waals surface area contributed by atoms with Crippen molar-refractivity contribution in [3.63, 3.8) is 0 Å². The molecule has 82 heavy (non-hydrogen) atoms. The molecule has 1 aliphatic carbocycles. The third-order valence-electron chi connectivity index (χ3n) is 14.8. The van der Waals surface area contributed by atoms with Gasteiger partial charge in [0.25, 0.3) is 0 Å². The molecule has 10 nitrogen and oxygen atoms in total. The molecule has 0 radical (unpaired) electrons. The van der Waals surface area contributed by atoms with Gasteiger partial charge in [0.1, 0.15) is 34.5 Å². The fourth-order valence-electron chi connectivity index (χ4n) is 10.4. The highest BCUT2D eigenvalue weighted by Crippen LogP contribution is 2.43.